The van der Waals surface area contributed by atoms with Gasteiger partial charge in [-0.1, -0.05) is 30.3 Å². The molecule has 0 aliphatic rings. The Morgan fingerprint density at radius 1 is 1.11 bits per heavy atom. The van der Waals surface area contributed by atoms with E-state index in [0.717, 1.165) is 30.2 Å². The van der Waals surface area contributed by atoms with Gasteiger partial charge in [0.25, 0.3) is 0 Å². The summed E-state index contributed by atoms with van der Waals surface area (Å²) >= 11 is 0. The van der Waals surface area contributed by atoms with Crippen LogP contribution in [0.15, 0.2) is 48.5 Å². The van der Waals surface area contributed by atoms with Crippen molar-refractivity contribution >= 4 is 11.4 Å². The number of methoxy groups -OCH3 is 1. The molecule has 2 N–H and O–H groups in total. The predicted octanol–water partition coefficient (Wildman–Crippen LogP) is 3.30. The highest BCUT2D eigenvalue weighted by Crippen LogP contribution is 2.28. The van der Waals surface area contributed by atoms with E-state index in [1.165, 1.54) is 5.56 Å². The molecule has 0 atom stereocenters. The Kier molecular flexibility index (Phi) is 4.29. The number of hydrogen-bond acceptors (Lipinski definition) is 3. The lowest BCUT2D eigenvalue weighted by molar-refractivity contribution is 0.415. The van der Waals surface area contributed by atoms with Gasteiger partial charge in [-0.15, -0.1) is 0 Å². The highest BCUT2D eigenvalue weighted by molar-refractivity contribution is 5.69. The maximum Gasteiger partial charge on any atom is 0.121 e. The minimum Gasteiger partial charge on any atom is -0.497 e. The topological polar surface area (TPSA) is 38.5 Å². The van der Waals surface area contributed by atoms with Crippen molar-refractivity contribution in [2.45, 2.75) is 13.5 Å². The molecule has 0 aliphatic carbocycles. The van der Waals surface area contributed by atoms with Crippen LogP contribution in [-0.4, -0.2) is 13.7 Å². The highest BCUT2D eigenvalue weighted by Gasteiger charge is 2.09. The molecule has 3 heteroatoms. The molecule has 0 aromatic heterocycles. The molecule has 0 aliphatic heterocycles. The van der Waals surface area contributed by atoms with Crippen molar-refractivity contribution in [2.24, 2.45) is 0 Å². The van der Waals surface area contributed by atoms with Gasteiger partial charge in [-0.3, -0.25) is 0 Å². The Labute approximate surface area is 114 Å². The van der Waals surface area contributed by atoms with Crippen LogP contribution in [0, 0.1) is 0 Å². The van der Waals surface area contributed by atoms with Gasteiger partial charge in [-0.25, -0.2) is 0 Å². The molecule has 0 heterocycles. The minimum atomic E-state index is 0.747. The van der Waals surface area contributed by atoms with Crippen LogP contribution in [0.1, 0.15) is 12.5 Å². The molecule has 100 valence electrons. The summed E-state index contributed by atoms with van der Waals surface area (Å²) in [6.45, 7) is 3.89. The molecule has 0 amide bonds. The van der Waals surface area contributed by atoms with E-state index < -0.39 is 0 Å². The van der Waals surface area contributed by atoms with Crippen molar-refractivity contribution in [1.82, 2.24) is 0 Å². The van der Waals surface area contributed by atoms with Crippen LogP contribution < -0.4 is 15.4 Å². The summed E-state index contributed by atoms with van der Waals surface area (Å²) in [6, 6.07) is 16.2. The molecular formula is C16H20N2O. The van der Waals surface area contributed by atoms with Crippen LogP contribution in [-0.2, 0) is 6.54 Å². The van der Waals surface area contributed by atoms with Gasteiger partial charge >= 0.3 is 0 Å². The molecule has 19 heavy (non-hydrogen) atoms. The van der Waals surface area contributed by atoms with Crippen molar-refractivity contribution < 1.29 is 4.74 Å². The number of rotatable bonds is 5. The fourth-order valence-corrected chi connectivity index (χ4v) is 2.12. The Hall–Kier alpha value is -2.16. The number of hydrogen-bond donors (Lipinski definition) is 1. The largest absolute Gasteiger partial charge is 0.497 e. The summed E-state index contributed by atoms with van der Waals surface area (Å²) in [5.74, 6) is 0.789. The number of nitrogen functional groups attached to an aromatic ring is 1. The van der Waals surface area contributed by atoms with E-state index in [1.807, 2.05) is 24.3 Å². The molecule has 0 saturated carbocycles. The van der Waals surface area contributed by atoms with E-state index in [1.54, 1.807) is 7.11 Å². The first-order valence-electron chi connectivity index (χ1n) is 6.47. The average molecular weight is 256 g/mol. The van der Waals surface area contributed by atoms with Gasteiger partial charge in [0.15, 0.2) is 0 Å². The molecule has 0 unspecified atom stereocenters. The van der Waals surface area contributed by atoms with Crippen molar-refractivity contribution in [2.75, 3.05) is 24.3 Å². The number of anilines is 2. The lowest BCUT2D eigenvalue weighted by Gasteiger charge is -2.25. The maximum absolute atomic E-state index is 6.11. The fourth-order valence-electron chi connectivity index (χ4n) is 2.12. The molecule has 0 bridgehead atoms. The molecule has 0 radical (unpaired) electrons. The maximum atomic E-state index is 6.11. The second-order valence-electron chi connectivity index (χ2n) is 4.42. The summed E-state index contributed by atoms with van der Waals surface area (Å²) in [4.78, 5) is 2.25. The van der Waals surface area contributed by atoms with Crippen LogP contribution in [0.5, 0.6) is 5.75 Å². The predicted molar refractivity (Wildman–Crippen MR) is 80.6 cm³/mol. The Morgan fingerprint density at radius 3 is 2.42 bits per heavy atom. The fraction of sp³-hybridized carbons (Fsp3) is 0.250. The summed E-state index contributed by atoms with van der Waals surface area (Å²) < 4.78 is 5.18. The second-order valence-corrected chi connectivity index (χ2v) is 4.42. The highest BCUT2D eigenvalue weighted by atomic mass is 16.5. The molecule has 0 saturated heterocycles. The average Bonchev–Trinajstić information content (AvgIpc) is 2.46. The third-order valence-corrected chi connectivity index (χ3v) is 3.17. The number of nitrogens with zero attached hydrogens (tertiary/aromatic N) is 1. The molecule has 3 nitrogen and oxygen atoms in total. The standard InChI is InChI=1S/C16H20N2O/c1-3-18(12-13-7-5-4-6-8-13)16-10-9-14(19-2)11-15(16)17/h4-11H,3,12,17H2,1-2H3. The van der Waals surface area contributed by atoms with Gasteiger partial charge in [0.2, 0.25) is 0 Å². The van der Waals surface area contributed by atoms with E-state index in [-0.39, 0.29) is 0 Å². The summed E-state index contributed by atoms with van der Waals surface area (Å²) in [6.07, 6.45) is 0. The zero-order valence-electron chi connectivity index (χ0n) is 11.5. The van der Waals surface area contributed by atoms with E-state index >= 15 is 0 Å². The number of ether oxygens (including phenoxy) is 1. The molecule has 0 fully saturated rings. The Balaban J connectivity index is 2.22. The van der Waals surface area contributed by atoms with Crippen LogP contribution in [0.3, 0.4) is 0 Å². The lowest BCUT2D eigenvalue weighted by atomic mass is 10.2. The molecule has 2 aromatic rings. The molecular weight excluding hydrogens is 236 g/mol. The van der Waals surface area contributed by atoms with E-state index in [2.05, 4.69) is 36.1 Å². The molecule has 2 aromatic carbocycles. The normalized spacial score (nSPS) is 10.2. The quantitative estimate of drug-likeness (QED) is 0.834. The van der Waals surface area contributed by atoms with Gasteiger partial charge in [0, 0.05) is 19.2 Å². The number of nitrogens with two attached hydrogens (primary N) is 1. The van der Waals surface area contributed by atoms with Crippen LogP contribution in [0.25, 0.3) is 0 Å². The van der Waals surface area contributed by atoms with Gasteiger partial charge in [0.05, 0.1) is 18.5 Å². The van der Waals surface area contributed by atoms with Gasteiger partial charge in [-0.05, 0) is 24.6 Å². The Bertz CT molecular complexity index is 526. The van der Waals surface area contributed by atoms with Crippen molar-refractivity contribution in [3.8, 4) is 5.75 Å². The lowest BCUT2D eigenvalue weighted by Crippen LogP contribution is -2.23. The summed E-state index contributed by atoms with van der Waals surface area (Å²) in [5.41, 5.74) is 9.18. The zero-order chi connectivity index (χ0) is 13.7. The van der Waals surface area contributed by atoms with Crippen molar-refractivity contribution in [3.63, 3.8) is 0 Å². The molecule has 2 rings (SSSR count). The number of benzene rings is 2. The van der Waals surface area contributed by atoms with Crippen molar-refractivity contribution in [3.05, 3.63) is 54.1 Å². The first-order chi connectivity index (χ1) is 9.24. The third kappa shape index (κ3) is 3.19. The van der Waals surface area contributed by atoms with Gasteiger partial charge in [-0.2, -0.15) is 0 Å². The Morgan fingerprint density at radius 2 is 1.84 bits per heavy atom. The second kappa shape index (κ2) is 6.14. The van der Waals surface area contributed by atoms with E-state index in [4.69, 9.17) is 10.5 Å². The van der Waals surface area contributed by atoms with E-state index in [0.29, 0.717) is 0 Å². The zero-order valence-corrected chi connectivity index (χ0v) is 11.5. The minimum absolute atomic E-state index is 0.747. The SMILES string of the molecule is CCN(Cc1ccccc1)c1ccc(OC)cc1N. The summed E-state index contributed by atoms with van der Waals surface area (Å²) in [7, 11) is 1.65. The summed E-state index contributed by atoms with van der Waals surface area (Å²) in [5, 5.41) is 0. The monoisotopic (exact) mass is 256 g/mol. The van der Waals surface area contributed by atoms with Crippen LogP contribution in [0.2, 0.25) is 0 Å². The first-order valence-corrected chi connectivity index (χ1v) is 6.47. The van der Waals surface area contributed by atoms with Crippen LogP contribution >= 0.6 is 0 Å². The van der Waals surface area contributed by atoms with Gasteiger partial charge in [0.1, 0.15) is 5.75 Å². The van der Waals surface area contributed by atoms with Gasteiger partial charge < -0.3 is 15.4 Å². The van der Waals surface area contributed by atoms with Crippen molar-refractivity contribution in [1.29, 1.82) is 0 Å². The van der Waals surface area contributed by atoms with E-state index in [9.17, 15) is 0 Å². The third-order valence-electron chi connectivity index (χ3n) is 3.17. The molecule has 0 spiro atoms. The first kappa shape index (κ1) is 13.3. The smallest absolute Gasteiger partial charge is 0.121 e. The van der Waals surface area contributed by atoms with Crippen LogP contribution in [0.4, 0.5) is 11.4 Å².